The Balaban J connectivity index is 2.48. The van der Waals surface area contributed by atoms with Gasteiger partial charge in [0.05, 0.1) is 6.54 Å². The quantitative estimate of drug-likeness (QED) is 0.775. The zero-order chi connectivity index (χ0) is 15.8. The van der Waals surface area contributed by atoms with E-state index in [1.807, 2.05) is 21.6 Å². The first-order chi connectivity index (χ1) is 10.0. The van der Waals surface area contributed by atoms with Gasteiger partial charge in [-0.05, 0) is 12.8 Å². The van der Waals surface area contributed by atoms with Crippen molar-refractivity contribution in [1.29, 1.82) is 0 Å². The van der Waals surface area contributed by atoms with Crippen LogP contribution in [0.5, 0.6) is 0 Å². The Morgan fingerprint density at radius 1 is 1.10 bits per heavy atom. The third-order valence-corrected chi connectivity index (χ3v) is 4.29. The summed E-state index contributed by atoms with van der Waals surface area (Å²) in [5, 5.41) is 8.79. The van der Waals surface area contributed by atoms with Gasteiger partial charge in [-0.15, -0.1) is 0 Å². The van der Waals surface area contributed by atoms with Crippen molar-refractivity contribution < 1.29 is 14.7 Å². The lowest BCUT2D eigenvalue weighted by Gasteiger charge is -2.37. The van der Waals surface area contributed by atoms with Gasteiger partial charge in [0, 0.05) is 39.3 Å². The molecule has 122 valence electrons. The summed E-state index contributed by atoms with van der Waals surface area (Å²) in [7, 11) is 0. The minimum Gasteiger partial charge on any atom is -0.480 e. The molecule has 0 bridgehead atoms. The fourth-order valence-electron chi connectivity index (χ4n) is 2.69. The molecular weight excluding hydrogens is 270 g/mol. The van der Waals surface area contributed by atoms with Crippen LogP contribution in [0.2, 0.25) is 0 Å². The maximum absolute atomic E-state index is 12.5. The largest absolute Gasteiger partial charge is 0.480 e. The molecule has 1 fully saturated rings. The van der Waals surface area contributed by atoms with Crippen LogP contribution in [0.15, 0.2) is 0 Å². The minimum absolute atomic E-state index is 0.0628. The summed E-state index contributed by atoms with van der Waals surface area (Å²) in [5.41, 5.74) is 0. The molecule has 1 saturated heterocycles. The summed E-state index contributed by atoms with van der Waals surface area (Å²) in [6.45, 7) is 10.5. The van der Waals surface area contributed by atoms with Gasteiger partial charge in [-0.25, -0.2) is 4.79 Å². The average Bonchev–Trinajstić information content (AvgIpc) is 2.48. The number of carbonyl (C=O) groups excluding carboxylic acids is 1. The van der Waals surface area contributed by atoms with E-state index in [1.165, 1.54) is 0 Å². The first kappa shape index (κ1) is 17.8. The molecular formula is C15H29N3O3. The molecule has 0 aromatic heterocycles. The predicted molar refractivity (Wildman–Crippen MR) is 82.4 cm³/mol. The molecule has 1 rings (SSSR count). The topological polar surface area (TPSA) is 64.1 Å². The van der Waals surface area contributed by atoms with Crippen LogP contribution in [0.1, 0.15) is 33.6 Å². The lowest BCUT2D eigenvalue weighted by Crippen LogP contribution is -2.54. The Kier molecular flexibility index (Phi) is 7.50. The highest BCUT2D eigenvalue weighted by Gasteiger charge is 2.26. The minimum atomic E-state index is -0.807. The van der Waals surface area contributed by atoms with E-state index < -0.39 is 5.97 Å². The van der Waals surface area contributed by atoms with Crippen LogP contribution in [-0.2, 0) is 4.79 Å². The number of carboxylic acids is 1. The molecule has 21 heavy (non-hydrogen) atoms. The standard InChI is InChI=1S/C15H29N3O3/c1-4-13(5-2)11-17(6-3)15(21)18-9-7-16(8-10-18)12-14(19)20/h13H,4-12H2,1-3H3,(H,19,20). The summed E-state index contributed by atoms with van der Waals surface area (Å²) in [4.78, 5) is 28.9. The lowest BCUT2D eigenvalue weighted by molar-refractivity contribution is -0.138. The molecule has 1 aliphatic heterocycles. The Morgan fingerprint density at radius 2 is 1.67 bits per heavy atom. The third-order valence-electron chi connectivity index (χ3n) is 4.29. The fourth-order valence-corrected chi connectivity index (χ4v) is 2.69. The summed E-state index contributed by atoms with van der Waals surface area (Å²) in [6, 6.07) is 0.0966. The van der Waals surface area contributed by atoms with Gasteiger partial charge in [-0.3, -0.25) is 9.69 Å². The van der Waals surface area contributed by atoms with Gasteiger partial charge >= 0.3 is 12.0 Å². The van der Waals surface area contributed by atoms with E-state index in [1.54, 1.807) is 0 Å². The maximum atomic E-state index is 12.5. The Morgan fingerprint density at radius 3 is 2.10 bits per heavy atom. The Labute approximate surface area is 127 Å². The normalized spacial score (nSPS) is 16.3. The molecule has 0 atom stereocenters. The van der Waals surface area contributed by atoms with E-state index in [9.17, 15) is 9.59 Å². The molecule has 0 aromatic carbocycles. The van der Waals surface area contributed by atoms with Crippen molar-refractivity contribution >= 4 is 12.0 Å². The van der Waals surface area contributed by atoms with Crippen molar-refractivity contribution in [3.05, 3.63) is 0 Å². The zero-order valence-corrected chi connectivity index (χ0v) is 13.5. The van der Waals surface area contributed by atoms with Gasteiger partial charge in [-0.2, -0.15) is 0 Å². The van der Waals surface area contributed by atoms with E-state index in [0.29, 0.717) is 32.1 Å². The maximum Gasteiger partial charge on any atom is 0.320 e. The van der Waals surface area contributed by atoms with Gasteiger partial charge in [0.2, 0.25) is 0 Å². The molecule has 0 unspecified atom stereocenters. The molecule has 1 N–H and O–H groups in total. The van der Waals surface area contributed by atoms with E-state index in [-0.39, 0.29) is 12.6 Å². The first-order valence-corrected chi connectivity index (χ1v) is 7.99. The molecule has 2 amide bonds. The molecule has 0 spiro atoms. The SMILES string of the molecule is CCC(CC)CN(CC)C(=O)N1CCN(CC(=O)O)CC1. The lowest BCUT2D eigenvalue weighted by atomic mass is 10.0. The van der Waals surface area contributed by atoms with Crippen molar-refractivity contribution in [3.8, 4) is 0 Å². The molecule has 0 saturated carbocycles. The molecule has 0 aliphatic carbocycles. The second-order valence-corrected chi connectivity index (χ2v) is 5.66. The number of carboxylic acid groups (broad SMARTS) is 1. The van der Waals surface area contributed by atoms with Crippen molar-refractivity contribution in [2.24, 2.45) is 5.92 Å². The molecule has 0 aromatic rings. The van der Waals surface area contributed by atoms with Crippen LogP contribution in [-0.4, -0.2) is 77.6 Å². The number of urea groups is 1. The monoisotopic (exact) mass is 299 g/mol. The van der Waals surface area contributed by atoms with E-state index in [0.717, 1.165) is 25.9 Å². The highest BCUT2D eigenvalue weighted by atomic mass is 16.4. The number of nitrogens with zero attached hydrogens (tertiary/aromatic N) is 3. The number of hydrogen-bond donors (Lipinski definition) is 1. The fraction of sp³-hybridized carbons (Fsp3) is 0.867. The van der Waals surface area contributed by atoms with E-state index in [4.69, 9.17) is 5.11 Å². The Bertz CT molecular complexity index is 337. The van der Waals surface area contributed by atoms with Crippen LogP contribution >= 0.6 is 0 Å². The number of carbonyl (C=O) groups is 2. The summed E-state index contributed by atoms with van der Waals surface area (Å²) >= 11 is 0. The van der Waals surface area contributed by atoms with Gasteiger partial charge in [0.25, 0.3) is 0 Å². The zero-order valence-electron chi connectivity index (χ0n) is 13.5. The van der Waals surface area contributed by atoms with Gasteiger partial charge in [-0.1, -0.05) is 26.7 Å². The number of rotatable bonds is 7. The van der Waals surface area contributed by atoms with Crippen molar-refractivity contribution in [2.45, 2.75) is 33.6 Å². The summed E-state index contributed by atoms with van der Waals surface area (Å²) in [6.07, 6.45) is 2.18. The van der Waals surface area contributed by atoms with Gasteiger partial charge in [0.1, 0.15) is 0 Å². The molecule has 6 heteroatoms. The number of piperazine rings is 1. The third kappa shape index (κ3) is 5.53. The van der Waals surface area contributed by atoms with E-state index in [2.05, 4.69) is 13.8 Å². The van der Waals surface area contributed by atoms with Crippen molar-refractivity contribution in [2.75, 3.05) is 45.8 Å². The van der Waals surface area contributed by atoms with Crippen LogP contribution in [0, 0.1) is 5.92 Å². The van der Waals surface area contributed by atoms with Gasteiger partial charge < -0.3 is 14.9 Å². The predicted octanol–water partition coefficient (Wildman–Crippen LogP) is 1.57. The van der Waals surface area contributed by atoms with Crippen LogP contribution in [0.4, 0.5) is 4.79 Å². The molecule has 6 nitrogen and oxygen atoms in total. The van der Waals surface area contributed by atoms with Gasteiger partial charge in [0.15, 0.2) is 0 Å². The van der Waals surface area contributed by atoms with Crippen LogP contribution < -0.4 is 0 Å². The van der Waals surface area contributed by atoms with Crippen LogP contribution in [0.25, 0.3) is 0 Å². The average molecular weight is 299 g/mol. The second-order valence-electron chi connectivity index (χ2n) is 5.66. The van der Waals surface area contributed by atoms with Crippen molar-refractivity contribution in [1.82, 2.24) is 14.7 Å². The highest BCUT2D eigenvalue weighted by Crippen LogP contribution is 2.12. The Hall–Kier alpha value is -1.30. The molecule has 0 radical (unpaired) electrons. The smallest absolute Gasteiger partial charge is 0.320 e. The summed E-state index contributed by atoms with van der Waals surface area (Å²) < 4.78 is 0. The second kappa shape index (κ2) is 8.87. The first-order valence-electron chi connectivity index (χ1n) is 7.99. The number of amides is 2. The molecule has 1 heterocycles. The summed E-state index contributed by atoms with van der Waals surface area (Å²) in [5.74, 6) is -0.249. The molecule has 1 aliphatic rings. The number of hydrogen-bond acceptors (Lipinski definition) is 3. The number of aliphatic carboxylic acids is 1. The van der Waals surface area contributed by atoms with Crippen molar-refractivity contribution in [3.63, 3.8) is 0 Å². The highest BCUT2D eigenvalue weighted by molar-refractivity contribution is 5.74. The van der Waals surface area contributed by atoms with Crippen LogP contribution in [0.3, 0.4) is 0 Å². The van der Waals surface area contributed by atoms with E-state index >= 15 is 0 Å².